The first kappa shape index (κ1) is 17.5. The zero-order valence-corrected chi connectivity index (χ0v) is 10.1. The van der Waals surface area contributed by atoms with E-state index in [1.807, 2.05) is 0 Å². The molecule has 0 aliphatic carbocycles. The molecule has 0 saturated heterocycles. The maximum Gasteiger partial charge on any atom is 0.372 e. The van der Waals surface area contributed by atoms with Crippen LogP contribution < -0.4 is 0 Å². The number of hydrogen-bond donors (Lipinski definition) is 0. The molecule has 0 bridgehead atoms. The van der Waals surface area contributed by atoms with E-state index in [0.29, 0.717) is 11.8 Å². The Balaban J connectivity index is 4.39. The van der Waals surface area contributed by atoms with E-state index in [2.05, 4.69) is 0 Å². The van der Waals surface area contributed by atoms with E-state index in [9.17, 15) is 35.5 Å². The highest BCUT2D eigenvalue weighted by Crippen LogP contribution is 2.43. The van der Waals surface area contributed by atoms with E-state index in [-0.39, 0.29) is 17.3 Å². The molecule has 0 aromatic carbocycles. The van der Waals surface area contributed by atoms with E-state index >= 15 is 0 Å². The molecule has 0 saturated carbocycles. The van der Waals surface area contributed by atoms with Gasteiger partial charge in [0.25, 0.3) is 0 Å². The van der Waals surface area contributed by atoms with Gasteiger partial charge in [-0.2, -0.15) is 17.6 Å². The van der Waals surface area contributed by atoms with Crippen molar-refractivity contribution in [3.05, 3.63) is 0 Å². The van der Waals surface area contributed by atoms with E-state index in [1.165, 1.54) is 6.92 Å². The summed E-state index contributed by atoms with van der Waals surface area (Å²) in [6.45, 7) is 1.19. The van der Waals surface area contributed by atoms with Crippen LogP contribution in [0.3, 0.4) is 0 Å². The molecule has 0 aliphatic rings. The normalized spacial score (nSPS) is 14.9. The van der Waals surface area contributed by atoms with Gasteiger partial charge in [0.05, 0.1) is 0 Å². The lowest BCUT2D eigenvalue weighted by Crippen LogP contribution is -2.52. The van der Waals surface area contributed by atoms with Crippen LogP contribution in [0.2, 0.25) is 0 Å². The van der Waals surface area contributed by atoms with Crippen LogP contribution in [-0.2, 0) is 4.79 Å². The molecule has 0 fully saturated rings. The summed E-state index contributed by atoms with van der Waals surface area (Å²) < 4.78 is 86.7. The van der Waals surface area contributed by atoms with Gasteiger partial charge in [-0.25, -0.2) is 13.2 Å². The number of hydrogen-bond acceptors (Lipinski definition) is 2. The molecule has 0 aromatic rings. The average Bonchev–Trinajstić information content (AvgIpc) is 2.23. The van der Waals surface area contributed by atoms with Crippen molar-refractivity contribution >= 4 is 16.9 Å². The second-order valence-electron chi connectivity index (χ2n) is 3.50. The molecule has 0 heterocycles. The molecule has 0 aliphatic heterocycles. The van der Waals surface area contributed by atoms with E-state index < -0.39 is 30.9 Å². The first-order chi connectivity index (χ1) is 8.03. The molecule has 9 heteroatoms. The summed E-state index contributed by atoms with van der Waals surface area (Å²) in [7, 11) is 0. The number of carbonyl (C=O) groups is 1. The summed E-state index contributed by atoms with van der Waals surface area (Å²) in [5.41, 5.74) is 0. The predicted octanol–water partition coefficient (Wildman–Crippen LogP) is 3.92. The average molecular weight is 300 g/mol. The van der Waals surface area contributed by atoms with Crippen molar-refractivity contribution in [3.63, 3.8) is 0 Å². The van der Waals surface area contributed by atoms with Gasteiger partial charge in [0.1, 0.15) is 0 Å². The smallest absolute Gasteiger partial charge is 0.288 e. The molecule has 1 atom stereocenters. The van der Waals surface area contributed by atoms with Crippen LogP contribution in [-0.4, -0.2) is 35.3 Å². The summed E-state index contributed by atoms with van der Waals surface area (Å²) >= 11 is 0.712. The molecule has 0 amide bonds. The molecule has 1 nitrogen and oxygen atoms in total. The van der Waals surface area contributed by atoms with Crippen molar-refractivity contribution in [2.75, 3.05) is 5.75 Å². The lowest BCUT2D eigenvalue weighted by atomic mass is 10.0. The molecule has 108 valence electrons. The van der Waals surface area contributed by atoms with E-state index in [1.54, 1.807) is 0 Å². The summed E-state index contributed by atoms with van der Waals surface area (Å²) in [5.74, 6) is -11.2. The fourth-order valence-electron chi connectivity index (χ4n) is 1.01. The van der Waals surface area contributed by atoms with Crippen molar-refractivity contribution in [2.45, 2.75) is 44.2 Å². The summed E-state index contributed by atoms with van der Waals surface area (Å²) in [5, 5.41) is -0.338. The second kappa shape index (κ2) is 6.63. The van der Waals surface area contributed by atoms with Crippen molar-refractivity contribution in [1.82, 2.24) is 0 Å². The summed E-state index contributed by atoms with van der Waals surface area (Å²) in [6.07, 6.45) is -9.33. The number of thioether (sulfide) groups is 1. The van der Waals surface area contributed by atoms with Crippen molar-refractivity contribution in [3.8, 4) is 0 Å². The zero-order chi connectivity index (χ0) is 14.6. The highest BCUT2D eigenvalue weighted by molar-refractivity contribution is 8.13. The first-order valence-corrected chi connectivity index (χ1v) is 5.83. The monoisotopic (exact) mass is 300 g/mol. The maximum atomic E-state index is 12.9. The van der Waals surface area contributed by atoms with Gasteiger partial charge in [0.15, 0.2) is 11.3 Å². The van der Waals surface area contributed by atoms with Gasteiger partial charge in [0.2, 0.25) is 0 Å². The zero-order valence-electron chi connectivity index (χ0n) is 9.24. The fourth-order valence-corrected chi connectivity index (χ4v) is 1.61. The third-order valence-electron chi connectivity index (χ3n) is 2.02. The van der Waals surface area contributed by atoms with Gasteiger partial charge < -0.3 is 0 Å². The van der Waals surface area contributed by atoms with Gasteiger partial charge in [-0.05, 0) is 12.8 Å². The van der Waals surface area contributed by atoms with Crippen LogP contribution in [0.15, 0.2) is 0 Å². The number of alkyl halides is 7. The Morgan fingerprint density at radius 1 is 1.11 bits per heavy atom. The molecule has 0 rings (SSSR count). The Morgan fingerprint density at radius 2 is 1.61 bits per heavy atom. The lowest BCUT2D eigenvalue weighted by molar-refractivity contribution is -0.285. The molecular weight excluding hydrogens is 289 g/mol. The Morgan fingerprint density at radius 3 is 2.00 bits per heavy atom. The third kappa shape index (κ3) is 4.33. The Labute approximate surface area is 103 Å². The fraction of sp³-hybridized carbons (Fsp3) is 0.889. The highest BCUT2D eigenvalue weighted by Gasteiger charge is 2.66. The SMILES string of the molecule is CC(=O)SCCCC(F)C(F)(F)C(F)(F)C(F)F. The molecular formula is C9H11F7OS. The van der Waals surface area contributed by atoms with Crippen LogP contribution in [0, 0.1) is 0 Å². The molecule has 0 spiro atoms. The van der Waals surface area contributed by atoms with Gasteiger partial charge in [0, 0.05) is 12.7 Å². The standard InChI is InChI=1S/C9H11F7OS/c1-5(17)18-4-2-3-6(10)8(13,14)9(15,16)7(11)12/h6-7H,2-4H2,1H3. The predicted molar refractivity (Wildman–Crippen MR) is 53.2 cm³/mol. The Hall–Kier alpha value is -0.470. The topological polar surface area (TPSA) is 17.1 Å². The van der Waals surface area contributed by atoms with E-state index in [0.717, 1.165) is 0 Å². The number of carbonyl (C=O) groups excluding carboxylic acids is 1. The quantitative estimate of drug-likeness (QED) is 0.523. The van der Waals surface area contributed by atoms with Gasteiger partial charge in [-0.15, -0.1) is 0 Å². The van der Waals surface area contributed by atoms with Crippen molar-refractivity contribution < 1.29 is 35.5 Å². The van der Waals surface area contributed by atoms with Crippen LogP contribution >= 0.6 is 11.8 Å². The third-order valence-corrected chi connectivity index (χ3v) is 2.92. The van der Waals surface area contributed by atoms with Crippen LogP contribution in [0.25, 0.3) is 0 Å². The lowest BCUT2D eigenvalue weighted by Gasteiger charge is -2.28. The molecule has 18 heavy (non-hydrogen) atoms. The molecule has 0 radical (unpaired) electrons. The summed E-state index contributed by atoms with van der Waals surface area (Å²) in [6, 6.07) is 0. The van der Waals surface area contributed by atoms with Crippen LogP contribution in [0.5, 0.6) is 0 Å². The number of rotatable bonds is 7. The molecule has 1 unspecified atom stereocenters. The minimum absolute atomic E-state index is 0.0356. The largest absolute Gasteiger partial charge is 0.372 e. The Bertz CT molecular complexity index is 282. The van der Waals surface area contributed by atoms with Crippen molar-refractivity contribution in [1.29, 1.82) is 0 Å². The molecule has 0 aromatic heterocycles. The van der Waals surface area contributed by atoms with Gasteiger partial charge in [-0.3, -0.25) is 4.79 Å². The first-order valence-electron chi connectivity index (χ1n) is 4.84. The Kier molecular flexibility index (Phi) is 6.45. The second-order valence-corrected chi connectivity index (χ2v) is 4.77. The minimum atomic E-state index is -5.71. The van der Waals surface area contributed by atoms with Crippen molar-refractivity contribution in [2.24, 2.45) is 0 Å². The molecule has 0 N–H and O–H groups in total. The van der Waals surface area contributed by atoms with Crippen LogP contribution in [0.4, 0.5) is 30.7 Å². The number of halogens is 7. The maximum absolute atomic E-state index is 12.9. The van der Waals surface area contributed by atoms with E-state index in [4.69, 9.17) is 0 Å². The van der Waals surface area contributed by atoms with Crippen LogP contribution in [0.1, 0.15) is 19.8 Å². The van der Waals surface area contributed by atoms with Gasteiger partial charge in [-0.1, -0.05) is 11.8 Å². The summed E-state index contributed by atoms with van der Waals surface area (Å²) in [4.78, 5) is 10.4. The minimum Gasteiger partial charge on any atom is -0.288 e. The highest BCUT2D eigenvalue weighted by atomic mass is 32.2. The van der Waals surface area contributed by atoms with Gasteiger partial charge >= 0.3 is 18.3 Å².